The van der Waals surface area contributed by atoms with Crippen LogP contribution in [0.25, 0.3) is 10.6 Å². The number of hydrogen-bond donors (Lipinski definition) is 1. The Bertz CT molecular complexity index is 1160. The molecule has 0 amide bonds. The van der Waals surface area contributed by atoms with Crippen LogP contribution in [0.3, 0.4) is 0 Å². The number of thioether (sulfide) groups is 1. The van der Waals surface area contributed by atoms with E-state index in [1.165, 1.54) is 23.5 Å². The number of rotatable bonds is 5. The Morgan fingerprint density at radius 2 is 1.97 bits per heavy atom. The van der Waals surface area contributed by atoms with Crippen molar-refractivity contribution in [3.63, 3.8) is 0 Å². The Morgan fingerprint density at radius 3 is 2.62 bits per heavy atom. The summed E-state index contributed by atoms with van der Waals surface area (Å²) in [5.74, 6) is 0.312. The lowest BCUT2D eigenvalue weighted by atomic mass is 9.93. The minimum absolute atomic E-state index is 0.411. The van der Waals surface area contributed by atoms with Gasteiger partial charge < -0.3 is 9.84 Å². The second-order valence-electron chi connectivity index (χ2n) is 7.80. The average Bonchev–Trinajstić information content (AvgIpc) is 3.12. The highest BCUT2D eigenvalue weighted by Gasteiger charge is 2.39. The van der Waals surface area contributed by atoms with E-state index in [0.717, 1.165) is 33.2 Å². The number of hydrogen-bond acceptors (Lipinski definition) is 5. The van der Waals surface area contributed by atoms with Crippen molar-refractivity contribution in [1.29, 1.82) is 0 Å². The Morgan fingerprint density at radius 1 is 1.25 bits per heavy atom. The predicted octanol–water partition coefficient (Wildman–Crippen LogP) is 6.60. The SMILES string of the molecule is Cc1nc(-c2ccc(C(F)(F)F)cc2)sc1CSc1ccc2c(c1)CC[C@@](C)(C(=O)O)O2. The molecule has 0 unspecified atom stereocenters. The zero-order chi connectivity index (χ0) is 23.1. The van der Waals surface area contributed by atoms with E-state index in [1.807, 2.05) is 25.1 Å². The topological polar surface area (TPSA) is 59.4 Å². The van der Waals surface area contributed by atoms with Gasteiger partial charge in [-0.15, -0.1) is 23.1 Å². The summed E-state index contributed by atoms with van der Waals surface area (Å²) in [7, 11) is 0. The van der Waals surface area contributed by atoms with Crippen LogP contribution in [0.5, 0.6) is 5.75 Å². The van der Waals surface area contributed by atoms with E-state index < -0.39 is 23.3 Å². The quantitative estimate of drug-likeness (QED) is 0.418. The Hall–Kier alpha value is -2.52. The molecule has 1 aromatic heterocycles. The molecule has 0 saturated carbocycles. The van der Waals surface area contributed by atoms with Gasteiger partial charge in [0.2, 0.25) is 5.60 Å². The lowest BCUT2D eigenvalue weighted by Gasteiger charge is -2.32. The number of fused-ring (bicyclic) bond motifs is 1. The number of alkyl halides is 3. The van der Waals surface area contributed by atoms with Gasteiger partial charge in [-0.3, -0.25) is 0 Å². The lowest BCUT2D eigenvalue weighted by Crippen LogP contribution is -2.44. The summed E-state index contributed by atoms with van der Waals surface area (Å²) in [5.41, 5.74) is 0.632. The molecule has 1 aliphatic rings. The molecule has 2 heterocycles. The third-order valence-corrected chi connectivity index (χ3v) is 7.82. The second kappa shape index (κ2) is 8.44. The fourth-order valence-electron chi connectivity index (χ4n) is 3.39. The Balaban J connectivity index is 1.45. The molecular weight excluding hydrogens is 459 g/mol. The number of carboxylic acids is 1. The number of aryl methyl sites for hydroxylation is 2. The highest BCUT2D eigenvalue weighted by Crippen LogP contribution is 2.38. The van der Waals surface area contributed by atoms with Crippen LogP contribution in [0.2, 0.25) is 0 Å². The third kappa shape index (κ3) is 4.63. The molecule has 168 valence electrons. The van der Waals surface area contributed by atoms with E-state index >= 15 is 0 Å². The molecule has 4 rings (SSSR count). The van der Waals surface area contributed by atoms with Gasteiger partial charge in [-0.25, -0.2) is 9.78 Å². The molecule has 0 spiro atoms. The van der Waals surface area contributed by atoms with Crippen LogP contribution in [0.4, 0.5) is 13.2 Å². The van der Waals surface area contributed by atoms with Gasteiger partial charge in [-0.1, -0.05) is 12.1 Å². The van der Waals surface area contributed by atoms with Gasteiger partial charge in [0.15, 0.2) is 0 Å². The largest absolute Gasteiger partial charge is 0.478 e. The molecule has 2 aromatic carbocycles. The summed E-state index contributed by atoms with van der Waals surface area (Å²) in [6.07, 6.45) is -3.32. The van der Waals surface area contributed by atoms with E-state index in [9.17, 15) is 23.1 Å². The Kier molecular flexibility index (Phi) is 5.98. The molecule has 32 heavy (non-hydrogen) atoms. The number of carboxylic acid groups (broad SMARTS) is 1. The molecule has 1 atom stereocenters. The van der Waals surface area contributed by atoms with Crippen molar-refractivity contribution in [3.8, 4) is 16.3 Å². The van der Waals surface area contributed by atoms with Gasteiger partial charge in [0.25, 0.3) is 0 Å². The molecule has 0 saturated heterocycles. The van der Waals surface area contributed by atoms with Crippen LogP contribution in [-0.2, 0) is 23.1 Å². The highest BCUT2D eigenvalue weighted by atomic mass is 32.2. The normalized spacial score (nSPS) is 18.2. The van der Waals surface area contributed by atoms with E-state index in [2.05, 4.69) is 4.98 Å². The second-order valence-corrected chi connectivity index (χ2v) is 9.93. The first-order valence-electron chi connectivity index (χ1n) is 9.87. The van der Waals surface area contributed by atoms with E-state index in [0.29, 0.717) is 34.9 Å². The molecule has 0 radical (unpaired) electrons. The van der Waals surface area contributed by atoms with Crippen LogP contribution in [-0.4, -0.2) is 21.7 Å². The molecule has 1 N–H and O–H groups in total. The smallest absolute Gasteiger partial charge is 0.416 e. The van der Waals surface area contributed by atoms with E-state index in [4.69, 9.17) is 4.74 Å². The van der Waals surface area contributed by atoms with Gasteiger partial charge in [-0.2, -0.15) is 13.2 Å². The molecule has 3 aromatic rings. The van der Waals surface area contributed by atoms with Crippen LogP contribution in [0, 0.1) is 6.92 Å². The van der Waals surface area contributed by atoms with Crippen molar-refractivity contribution in [2.45, 2.75) is 49.1 Å². The molecule has 1 aliphatic heterocycles. The zero-order valence-corrected chi connectivity index (χ0v) is 19.0. The number of nitrogens with zero attached hydrogens (tertiary/aromatic N) is 1. The average molecular weight is 480 g/mol. The number of thiazole rings is 1. The minimum atomic E-state index is -4.36. The summed E-state index contributed by atoms with van der Waals surface area (Å²) in [4.78, 5) is 18.1. The first-order valence-corrected chi connectivity index (χ1v) is 11.7. The van der Waals surface area contributed by atoms with Gasteiger partial charge in [0.05, 0.1) is 11.3 Å². The van der Waals surface area contributed by atoms with Crippen molar-refractivity contribution in [1.82, 2.24) is 4.98 Å². The van der Waals surface area contributed by atoms with Crippen LogP contribution < -0.4 is 4.74 Å². The summed E-state index contributed by atoms with van der Waals surface area (Å²) in [6.45, 7) is 3.48. The van der Waals surface area contributed by atoms with Gasteiger partial charge in [0.1, 0.15) is 10.8 Å². The van der Waals surface area contributed by atoms with Crippen molar-refractivity contribution in [3.05, 3.63) is 64.2 Å². The predicted molar refractivity (Wildman–Crippen MR) is 118 cm³/mol. The van der Waals surface area contributed by atoms with Gasteiger partial charge in [-0.05, 0) is 56.2 Å². The summed E-state index contributed by atoms with van der Waals surface area (Å²) in [6, 6.07) is 10.8. The fraction of sp³-hybridized carbons (Fsp3) is 0.304. The maximum atomic E-state index is 12.8. The van der Waals surface area contributed by atoms with Crippen molar-refractivity contribution < 1.29 is 27.8 Å². The standard InChI is InChI=1S/C23H20F3NO3S2/c1-13-19(32-20(27-13)14-3-5-16(6-4-14)23(24,25)26)12-31-17-7-8-18-15(11-17)9-10-22(2,30-18)21(28)29/h3-8,11H,9-10,12H2,1-2H3,(H,28,29)/t22-/m0/s1. The first kappa shape index (κ1) is 22.7. The molecule has 9 heteroatoms. The third-order valence-electron chi connectivity index (χ3n) is 5.41. The number of ether oxygens (including phenoxy) is 1. The minimum Gasteiger partial charge on any atom is -0.478 e. The fourth-order valence-corrected chi connectivity index (χ4v) is 5.57. The van der Waals surface area contributed by atoms with Crippen molar-refractivity contribution in [2.24, 2.45) is 0 Å². The number of aliphatic carboxylic acids is 1. The number of benzene rings is 2. The molecule has 0 aliphatic carbocycles. The highest BCUT2D eigenvalue weighted by molar-refractivity contribution is 7.98. The maximum absolute atomic E-state index is 12.8. The van der Waals surface area contributed by atoms with Crippen LogP contribution in [0.1, 0.15) is 35.0 Å². The van der Waals surface area contributed by atoms with Crippen LogP contribution >= 0.6 is 23.1 Å². The summed E-state index contributed by atoms with van der Waals surface area (Å²) < 4.78 is 44.1. The van der Waals surface area contributed by atoms with Crippen LogP contribution in [0.15, 0.2) is 47.4 Å². The number of aromatic nitrogens is 1. The zero-order valence-electron chi connectivity index (χ0n) is 17.3. The lowest BCUT2D eigenvalue weighted by molar-refractivity contribution is -0.155. The van der Waals surface area contributed by atoms with Gasteiger partial charge in [0, 0.05) is 27.5 Å². The van der Waals surface area contributed by atoms with E-state index in [1.54, 1.807) is 18.7 Å². The number of halogens is 3. The monoisotopic (exact) mass is 479 g/mol. The summed E-state index contributed by atoms with van der Waals surface area (Å²) in [5, 5.41) is 10.1. The van der Waals surface area contributed by atoms with Crippen molar-refractivity contribution in [2.75, 3.05) is 0 Å². The molecule has 0 bridgehead atoms. The van der Waals surface area contributed by atoms with E-state index in [-0.39, 0.29) is 0 Å². The van der Waals surface area contributed by atoms with Gasteiger partial charge >= 0.3 is 12.1 Å². The maximum Gasteiger partial charge on any atom is 0.416 e. The molecule has 0 fully saturated rings. The van der Waals surface area contributed by atoms with Crippen molar-refractivity contribution >= 4 is 29.1 Å². The Labute approximate surface area is 191 Å². The summed E-state index contributed by atoms with van der Waals surface area (Å²) >= 11 is 3.10. The molecule has 4 nitrogen and oxygen atoms in total. The molecular formula is C23H20F3NO3S2. The first-order chi connectivity index (χ1) is 15.0. The number of carbonyl (C=O) groups is 1.